The van der Waals surface area contributed by atoms with Gasteiger partial charge >= 0.3 is 5.97 Å². The number of aromatic nitrogens is 2. The maximum atomic E-state index is 12.4. The summed E-state index contributed by atoms with van der Waals surface area (Å²) in [6.07, 6.45) is 0. The number of halogens is 2. The van der Waals surface area contributed by atoms with Gasteiger partial charge in [0.05, 0.1) is 29.1 Å². The van der Waals surface area contributed by atoms with Crippen LogP contribution < -0.4 is 15.0 Å². The number of carbonyl (C=O) groups is 1. The average molecular weight is 512 g/mol. The quantitative estimate of drug-likeness (QED) is 0.502. The van der Waals surface area contributed by atoms with Crippen molar-refractivity contribution in [2.45, 2.75) is 6.92 Å². The van der Waals surface area contributed by atoms with Crippen molar-refractivity contribution in [1.29, 1.82) is 0 Å². The molecule has 0 saturated carbocycles. The number of esters is 1. The number of ether oxygens (including phenoxy) is 3. The predicted octanol–water partition coefficient (Wildman–Crippen LogP) is 4.07. The Kier molecular flexibility index (Phi) is 6.35. The van der Waals surface area contributed by atoms with Gasteiger partial charge in [0, 0.05) is 10.0 Å². The van der Waals surface area contributed by atoms with Crippen molar-refractivity contribution in [1.82, 2.24) is 9.97 Å². The lowest BCUT2D eigenvalue weighted by atomic mass is 10.1. The first-order valence-corrected chi connectivity index (χ1v) is 9.88. The van der Waals surface area contributed by atoms with Gasteiger partial charge in [-0.15, -0.1) is 0 Å². The van der Waals surface area contributed by atoms with Crippen LogP contribution in [-0.4, -0.2) is 36.3 Å². The van der Waals surface area contributed by atoms with Crippen LogP contribution in [0.3, 0.4) is 0 Å². The molecule has 0 aliphatic rings. The smallest absolute Gasteiger partial charge is 0.343 e. The first kappa shape index (κ1) is 20.3. The summed E-state index contributed by atoms with van der Waals surface area (Å²) in [6.45, 7) is 1.94. The molecule has 1 aromatic heterocycles. The van der Waals surface area contributed by atoms with Gasteiger partial charge in [0.2, 0.25) is 0 Å². The van der Waals surface area contributed by atoms with Crippen molar-refractivity contribution in [3.05, 3.63) is 49.6 Å². The molecule has 7 nitrogen and oxygen atoms in total. The fourth-order valence-corrected chi connectivity index (χ4v) is 3.57. The molecule has 0 fully saturated rings. The molecule has 0 bridgehead atoms. The fraction of sp³-hybridized carbons (Fsp3) is 0.211. The van der Waals surface area contributed by atoms with Gasteiger partial charge in [-0.05, 0) is 57.0 Å². The fourth-order valence-electron chi connectivity index (χ4n) is 2.56. The summed E-state index contributed by atoms with van der Waals surface area (Å²) in [6, 6.07) is 8.78. The first-order chi connectivity index (χ1) is 13.5. The van der Waals surface area contributed by atoms with Crippen molar-refractivity contribution in [3.8, 4) is 22.9 Å². The third-order valence-electron chi connectivity index (χ3n) is 3.86. The molecule has 28 heavy (non-hydrogen) atoms. The Labute approximate surface area is 177 Å². The predicted molar refractivity (Wildman–Crippen MR) is 112 cm³/mol. The molecule has 2 aromatic carbocycles. The van der Waals surface area contributed by atoms with Gasteiger partial charge < -0.3 is 19.2 Å². The Bertz CT molecular complexity index is 1100. The van der Waals surface area contributed by atoms with Crippen LogP contribution >= 0.6 is 31.9 Å². The summed E-state index contributed by atoms with van der Waals surface area (Å²) in [4.78, 5) is 31.2. The van der Waals surface area contributed by atoms with Crippen molar-refractivity contribution in [3.63, 3.8) is 0 Å². The molecule has 0 saturated heterocycles. The molecule has 0 atom stereocenters. The van der Waals surface area contributed by atoms with E-state index >= 15 is 0 Å². The SMILES string of the molecule is CCOc1cc(-c2nc3ccccc3c(=O)[nH]2)c(Br)c(Br)c1OCC(=O)OC. The van der Waals surface area contributed by atoms with E-state index in [1.807, 2.05) is 13.0 Å². The number of aromatic amines is 1. The first-order valence-electron chi connectivity index (χ1n) is 8.30. The van der Waals surface area contributed by atoms with Crippen LogP contribution in [0, 0.1) is 0 Å². The molecular weight excluding hydrogens is 496 g/mol. The lowest BCUT2D eigenvalue weighted by Crippen LogP contribution is -2.14. The number of nitrogens with zero attached hydrogens (tertiary/aromatic N) is 1. The number of para-hydroxylation sites is 1. The summed E-state index contributed by atoms with van der Waals surface area (Å²) >= 11 is 6.97. The van der Waals surface area contributed by atoms with Gasteiger partial charge in [-0.1, -0.05) is 12.1 Å². The number of fused-ring (bicyclic) bond motifs is 1. The zero-order valence-electron chi connectivity index (χ0n) is 15.0. The topological polar surface area (TPSA) is 90.5 Å². The molecule has 0 aliphatic heterocycles. The van der Waals surface area contributed by atoms with Gasteiger partial charge in [0.25, 0.3) is 5.56 Å². The summed E-state index contributed by atoms with van der Waals surface area (Å²) in [5.41, 5.74) is 0.935. The van der Waals surface area contributed by atoms with Crippen LogP contribution in [0.4, 0.5) is 0 Å². The lowest BCUT2D eigenvalue weighted by Gasteiger charge is -2.17. The minimum atomic E-state index is -0.518. The second-order valence-corrected chi connectivity index (χ2v) is 7.19. The summed E-state index contributed by atoms with van der Waals surface area (Å²) in [5.74, 6) is 0.588. The Morgan fingerprint density at radius 2 is 1.93 bits per heavy atom. The van der Waals surface area contributed by atoms with E-state index in [9.17, 15) is 9.59 Å². The molecule has 9 heteroatoms. The number of benzene rings is 2. The normalized spacial score (nSPS) is 10.7. The van der Waals surface area contributed by atoms with Gasteiger partial charge in [0.1, 0.15) is 5.82 Å². The highest BCUT2D eigenvalue weighted by molar-refractivity contribution is 9.13. The Morgan fingerprint density at radius 3 is 2.64 bits per heavy atom. The standard InChI is InChI=1S/C19H16Br2N2O5/c1-3-27-13-8-11(15(20)16(21)17(13)28-9-14(24)26-2)18-22-12-7-5-4-6-10(12)19(25)23-18/h4-8H,3,9H2,1-2H3,(H,22,23,25). The maximum absolute atomic E-state index is 12.4. The highest BCUT2D eigenvalue weighted by atomic mass is 79.9. The summed E-state index contributed by atoms with van der Waals surface area (Å²) in [7, 11) is 1.28. The Morgan fingerprint density at radius 1 is 1.18 bits per heavy atom. The molecule has 0 spiro atoms. The zero-order valence-corrected chi connectivity index (χ0v) is 18.2. The van der Waals surface area contributed by atoms with Crippen molar-refractivity contribution in [2.24, 2.45) is 0 Å². The van der Waals surface area contributed by atoms with Gasteiger partial charge in [-0.25, -0.2) is 9.78 Å². The van der Waals surface area contributed by atoms with E-state index in [0.717, 1.165) is 0 Å². The number of H-pyrrole nitrogens is 1. The third kappa shape index (κ3) is 4.05. The number of rotatable bonds is 6. The maximum Gasteiger partial charge on any atom is 0.343 e. The van der Waals surface area contributed by atoms with Crippen LogP contribution in [0.25, 0.3) is 22.3 Å². The highest BCUT2D eigenvalue weighted by Crippen LogP contribution is 2.45. The molecule has 146 valence electrons. The minimum Gasteiger partial charge on any atom is -0.490 e. The number of nitrogens with one attached hydrogen (secondary N) is 1. The number of hydrogen-bond donors (Lipinski definition) is 1. The largest absolute Gasteiger partial charge is 0.490 e. The van der Waals surface area contributed by atoms with Gasteiger partial charge in [0.15, 0.2) is 18.1 Å². The van der Waals surface area contributed by atoms with Crippen molar-refractivity contribution < 1.29 is 19.0 Å². The Balaban J connectivity index is 2.14. The molecule has 1 heterocycles. The second kappa shape index (κ2) is 8.74. The van der Waals surface area contributed by atoms with Gasteiger partial charge in [-0.2, -0.15) is 0 Å². The van der Waals surface area contributed by atoms with Crippen molar-refractivity contribution in [2.75, 3.05) is 20.3 Å². The van der Waals surface area contributed by atoms with E-state index in [1.165, 1.54) is 7.11 Å². The number of carbonyl (C=O) groups excluding carboxylic acids is 1. The monoisotopic (exact) mass is 510 g/mol. The summed E-state index contributed by atoms with van der Waals surface area (Å²) < 4.78 is 17.0. The Hall–Kier alpha value is -2.39. The zero-order chi connectivity index (χ0) is 20.3. The third-order valence-corrected chi connectivity index (χ3v) is 5.97. The number of methoxy groups -OCH3 is 1. The van der Waals surface area contributed by atoms with Crippen molar-refractivity contribution >= 4 is 48.7 Å². The average Bonchev–Trinajstić information content (AvgIpc) is 2.70. The summed E-state index contributed by atoms with van der Waals surface area (Å²) in [5, 5.41) is 0.504. The van der Waals surface area contributed by atoms with E-state index in [4.69, 9.17) is 9.47 Å². The van der Waals surface area contributed by atoms with E-state index in [0.29, 0.717) is 49.3 Å². The van der Waals surface area contributed by atoms with E-state index in [1.54, 1.807) is 24.3 Å². The molecule has 1 N–H and O–H groups in total. The molecular formula is C19H16Br2N2O5. The molecule has 0 aliphatic carbocycles. The number of hydrogen-bond acceptors (Lipinski definition) is 6. The molecule has 3 rings (SSSR count). The molecule has 0 unspecified atom stereocenters. The van der Waals surface area contributed by atoms with E-state index in [-0.39, 0.29) is 12.2 Å². The van der Waals surface area contributed by atoms with E-state index in [2.05, 4.69) is 46.6 Å². The molecule has 3 aromatic rings. The van der Waals surface area contributed by atoms with Gasteiger partial charge in [-0.3, -0.25) is 4.79 Å². The van der Waals surface area contributed by atoms with Crippen LogP contribution in [-0.2, 0) is 9.53 Å². The van der Waals surface area contributed by atoms with E-state index < -0.39 is 5.97 Å². The van der Waals surface area contributed by atoms with Crippen LogP contribution in [0.2, 0.25) is 0 Å². The minimum absolute atomic E-state index is 0.243. The van der Waals surface area contributed by atoms with Crippen LogP contribution in [0.1, 0.15) is 6.92 Å². The second-order valence-electron chi connectivity index (χ2n) is 5.61. The van der Waals surface area contributed by atoms with Crippen LogP contribution in [0.15, 0.2) is 44.1 Å². The highest BCUT2D eigenvalue weighted by Gasteiger charge is 2.21. The lowest BCUT2D eigenvalue weighted by molar-refractivity contribution is -0.142. The molecule has 0 radical (unpaired) electrons. The van der Waals surface area contributed by atoms with Crippen LogP contribution in [0.5, 0.6) is 11.5 Å². The molecule has 0 amide bonds.